The second kappa shape index (κ2) is 3.02. The van der Waals surface area contributed by atoms with Gasteiger partial charge in [0.05, 0.1) is 0 Å². The lowest BCUT2D eigenvalue weighted by Crippen LogP contribution is -2.62. The largest absolute Gasteiger partial charge is 0.294 e. The Morgan fingerprint density at radius 3 is 2.25 bits per heavy atom. The molecule has 2 atom stereocenters. The van der Waals surface area contributed by atoms with Gasteiger partial charge in [0.25, 0.3) is 0 Å². The first kappa shape index (κ1) is 8.55. The summed E-state index contributed by atoms with van der Waals surface area (Å²) < 4.78 is 0. The van der Waals surface area contributed by atoms with Gasteiger partial charge in [-0.25, -0.2) is 0 Å². The van der Waals surface area contributed by atoms with Crippen LogP contribution in [-0.2, 0) is 0 Å². The lowest BCUT2D eigenvalue weighted by atomic mass is 9.79. The van der Waals surface area contributed by atoms with Crippen LogP contribution in [0, 0.1) is 5.92 Å². The second-order valence-electron chi connectivity index (χ2n) is 4.93. The summed E-state index contributed by atoms with van der Waals surface area (Å²) in [5.74, 6) is 0.863. The zero-order chi connectivity index (χ0) is 8.72. The number of rotatable bonds is 2. The molecule has 12 heavy (non-hydrogen) atoms. The number of hydrogen-bond donors (Lipinski definition) is 0. The fraction of sp³-hybridized carbons (Fsp3) is 1.00. The average molecular weight is 167 g/mol. The fourth-order valence-corrected chi connectivity index (χ4v) is 2.71. The summed E-state index contributed by atoms with van der Waals surface area (Å²) in [6.07, 6.45) is 5.84. The van der Waals surface area contributed by atoms with Crippen LogP contribution in [0.5, 0.6) is 0 Å². The minimum Gasteiger partial charge on any atom is -0.294 e. The van der Waals surface area contributed by atoms with E-state index in [1.165, 1.54) is 25.7 Å². The molecule has 0 N–H and O–H groups in total. The van der Waals surface area contributed by atoms with Crippen LogP contribution in [0.4, 0.5) is 0 Å². The van der Waals surface area contributed by atoms with Crippen molar-refractivity contribution in [3.8, 4) is 0 Å². The van der Waals surface area contributed by atoms with E-state index < -0.39 is 0 Å². The van der Waals surface area contributed by atoms with Gasteiger partial charge in [0.15, 0.2) is 0 Å². The van der Waals surface area contributed by atoms with Crippen LogP contribution >= 0.6 is 0 Å². The maximum atomic E-state index is 2.77. The Balaban J connectivity index is 1.92. The zero-order valence-electron chi connectivity index (χ0n) is 8.59. The Morgan fingerprint density at radius 2 is 1.92 bits per heavy atom. The van der Waals surface area contributed by atoms with Crippen molar-refractivity contribution in [1.29, 1.82) is 0 Å². The first-order valence-corrected chi connectivity index (χ1v) is 5.47. The Morgan fingerprint density at radius 1 is 1.25 bits per heavy atom. The minimum atomic E-state index is 0.863. The van der Waals surface area contributed by atoms with Crippen LogP contribution in [0.25, 0.3) is 0 Å². The molecule has 0 spiro atoms. The molecule has 2 fully saturated rings. The van der Waals surface area contributed by atoms with Gasteiger partial charge in [-0.3, -0.25) is 4.90 Å². The Hall–Kier alpha value is -0.0400. The molecule has 0 radical (unpaired) electrons. The van der Waals surface area contributed by atoms with Crippen LogP contribution in [0.15, 0.2) is 0 Å². The van der Waals surface area contributed by atoms with Gasteiger partial charge in [0.1, 0.15) is 0 Å². The van der Waals surface area contributed by atoms with E-state index in [1.807, 2.05) is 0 Å². The van der Waals surface area contributed by atoms with Gasteiger partial charge in [0.2, 0.25) is 0 Å². The summed E-state index contributed by atoms with van der Waals surface area (Å²) in [4.78, 5) is 2.77. The molecule has 0 aromatic carbocycles. The zero-order valence-corrected chi connectivity index (χ0v) is 8.59. The summed E-state index contributed by atoms with van der Waals surface area (Å²) in [7, 11) is 0. The molecule has 0 aromatic rings. The standard InChI is InChI=1S/C11H21N/c1-8(2)11-7-9(3)12(11)10-5-4-6-10/h8-11H,4-7H2,1-3H3. The number of nitrogens with zero attached hydrogens (tertiary/aromatic N) is 1. The molecule has 1 aliphatic carbocycles. The Kier molecular flexibility index (Phi) is 2.16. The molecule has 1 heteroatoms. The highest BCUT2D eigenvalue weighted by atomic mass is 15.3. The predicted octanol–water partition coefficient (Wildman–Crippen LogP) is 2.66. The maximum Gasteiger partial charge on any atom is 0.0139 e. The van der Waals surface area contributed by atoms with Gasteiger partial charge in [-0.15, -0.1) is 0 Å². The summed E-state index contributed by atoms with van der Waals surface area (Å²) >= 11 is 0. The highest BCUT2D eigenvalue weighted by molar-refractivity contribution is 4.97. The van der Waals surface area contributed by atoms with Crippen molar-refractivity contribution < 1.29 is 0 Å². The van der Waals surface area contributed by atoms with Crippen LogP contribution in [0.3, 0.4) is 0 Å². The molecule has 1 saturated carbocycles. The molecule has 2 unspecified atom stereocenters. The van der Waals surface area contributed by atoms with Crippen LogP contribution in [-0.4, -0.2) is 23.0 Å². The van der Waals surface area contributed by atoms with Crippen LogP contribution in [0.1, 0.15) is 46.5 Å². The van der Waals surface area contributed by atoms with Crippen molar-refractivity contribution >= 4 is 0 Å². The smallest absolute Gasteiger partial charge is 0.0139 e. The van der Waals surface area contributed by atoms with E-state index >= 15 is 0 Å². The summed E-state index contributed by atoms with van der Waals surface area (Å²) in [5.41, 5.74) is 0. The van der Waals surface area contributed by atoms with Crippen molar-refractivity contribution in [2.24, 2.45) is 5.92 Å². The molecule has 0 bridgehead atoms. The van der Waals surface area contributed by atoms with E-state index in [4.69, 9.17) is 0 Å². The van der Waals surface area contributed by atoms with Crippen LogP contribution in [0.2, 0.25) is 0 Å². The molecule has 0 amide bonds. The third kappa shape index (κ3) is 1.19. The van der Waals surface area contributed by atoms with E-state index in [9.17, 15) is 0 Å². The normalized spacial score (nSPS) is 38.0. The third-order valence-electron chi connectivity index (χ3n) is 3.74. The molecule has 0 aromatic heterocycles. The molecule has 1 saturated heterocycles. The lowest BCUT2D eigenvalue weighted by molar-refractivity contribution is -0.0639. The minimum absolute atomic E-state index is 0.863. The van der Waals surface area contributed by atoms with Crippen LogP contribution < -0.4 is 0 Å². The van der Waals surface area contributed by atoms with E-state index in [2.05, 4.69) is 25.7 Å². The van der Waals surface area contributed by atoms with E-state index in [-0.39, 0.29) is 0 Å². The Labute approximate surface area is 76.1 Å². The third-order valence-corrected chi connectivity index (χ3v) is 3.74. The molecule has 1 heterocycles. The van der Waals surface area contributed by atoms with Gasteiger partial charge >= 0.3 is 0 Å². The highest BCUT2D eigenvalue weighted by Gasteiger charge is 2.42. The SMILES string of the molecule is CC(C)C1CC(C)N1C1CCC1. The molecular weight excluding hydrogens is 146 g/mol. The highest BCUT2D eigenvalue weighted by Crippen LogP contribution is 2.39. The van der Waals surface area contributed by atoms with Gasteiger partial charge in [-0.1, -0.05) is 20.3 Å². The van der Waals surface area contributed by atoms with Gasteiger partial charge in [-0.05, 0) is 32.1 Å². The first-order chi connectivity index (χ1) is 5.70. The fourth-order valence-electron chi connectivity index (χ4n) is 2.71. The lowest BCUT2D eigenvalue weighted by Gasteiger charge is -2.56. The van der Waals surface area contributed by atoms with Gasteiger partial charge < -0.3 is 0 Å². The summed E-state index contributed by atoms with van der Waals surface area (Å²) in [5, 5.41) is 0. The molecular formula is C11H21N. The second-order valence-corrected chi connectivity index (χ2v) is 4.93. The topological polar surface area (TPSA) is 3.24 Å². The molecule has 1 aliphatic heterocycles. The van der Waals surface area contributed by atoms with E-state index in [0.717, 1.165) is 24.0 Å². The molecule has 2 rings (SSSR count). The van der Waals surface area contributed by atoms with Crippen molar-refractivity contribution in [3.63, 3.8) is 0 Å². The molecule has 1 nitrogen and oxygen atoms in total. The summed E-state index contributed by atoms with van der Waals surface area (Å²) in [6.45, 7) is 7.11. The van der Waals surface area contributed by atoms with Gasteiger partial charge in [-0.2, -0.15) is 0 Å². The monoisotopic (exact) mass is 167 g/mol. The first-order valence-electron chi connectivity index (χ1n) is 5.47. The average Bonchev–Trinajstić information content (AvgIpc) is 1.90. The maximum absolute atomic E-state index is 2.77. The van der Waals surface area contributed by atoms with Crippen molar-refractivity contribution in [2.45, 2.75) is 64.6 Å². The number of hydrogen-bond acceptors (Lipinski definition) is 1. The molecule has 2 aliphatic rings. The quantitative estimate of drug-likeness (QED) is 0.611. The Bertz CT molecular complexity index is 160. The predicted molar refractivity (Wildman–Crippen MR) is 52.2 cm³/mol. The van der Waals surface area contributed by atoms with E-state index in [1.54, 1.807) is 0 Å². The van der Waals surface area contributed by atoms with Crippen molar-refractivity contribution in [1.82, 2.24) is 4.90 Å². The summed E-state index contributed by atoms with van der Waals surface area (Å²) in [6, 6.07) is 2.74. The number of likely N-dealkylation sites (tertiary alicyclic amines) is 1. The molecule has 70 valence electrons. The van der Waals surface area contributed by atoms with Gasteiger partial charge in [0, 0.05) is 18.1 Å². The van der Waals surface area contributed by atoms with Crippen molar-refractivity contribution in [3.05, 3.63) is 0 Å². The van der Waals surface area contributed by atoms with Crippen molar-refractivity contribution in [2.75, 3.05) is 0 Å². The van der Waals surface area contributed by atoms with E-state index in [0.29, 0.717) is 0 Å².